The molecule has 0 radical (unpaired) electrons. The molecular weight excluding hydrogens is 248 g/mol. The zero-order valence-corrected chi connectivity index (χ0v) is 8.31. The topological polar surface area (TPSA) is 74.6 Å². The van der Waals surface area contributed by atoms with Gasteiger partial charge in [-0.3, -0.25) is 0 Å². The molecular formula is H2MoO4Sr+2. The molecule has 0 spiro atoms. The second-order valence-electron chi connectivity index (χ2n) is 0.448. The summed E-state index contributed by atoms with van der Waals surface area (Å²) in [6, 6.07) is 0. The van der Waals surface area contributed by atoms with Crippen molar-refractivity contribution in [1.82, 2.24) is 0 Å². The standard InChI is InChI=1S/Mo.2H2O.2O.Sr/h;2*1H2;;;/q+2;;;;;+2/p-2. The Morgan fingerprint density at radius 1 is 1.17 bits per heavy atom. The average molecular weight is 250 g/mol. The van der Waals surface area contributed by atoms with Crippen molar-refractivity contribution in [3.63, 3.8) is 0 Å². The fraction of sp³-hybridized carbons (Fsp3) is 0. The van der Waals surface area contributed by atoms with Crippen molar-refractivity contribution in [2.75, 3.05) is 0 Å². The number of hydrogen-bond acceptors (Lipinski definition) is 2. The summed E-state index contributed by atoms with van der Waals surface area (Å²) >= 11 is -5.52. The maximum atomic E-state index is 8.85. The van der Waals surface area contributed by atoms with Gasteiger partial charge < -0.3 is 0 Å². The monoisotopic (exact) mass is 252 g/mol. The van der Waals surface area contributed by atoms with Crippen LogP contribution in [0.15, 0.2) is 0 Å². The first-order valence-corrected chi connectivity index (χ1v) is 4.13. The molecule has 0 atom stereocenters. The smallest absolute Gasteiger partial charge is 2.00 e. The largest absolute Gasteiger partial charge is 2.00 e. The van der Waals surface area contributed by atoms with E-state index in [-0.39, 0.29) is 45.5 Å². The normalized spacial score (nSPS) is 9.67. The Bertz CT molecular complexity index is 90.7. The van der Waals surface area contributed by atoms with Crippen LogP contribution >= 0.6 is 0 Å². The van der Waals surface area contributed by atoms with E-state index in [1.165, 1.54) is 0 Å². The summed E-state index contributed by atoms with van der Waals surface area (Å²) in [6.07, 6.45) is 0. The molecule has 32 valence electrons. The molecule has 0 saturated carbocycles. The molecule has 6 heteroatoms. The molecule has 0 heterocycles. The van der Waals surface area contributed by atoms with Crippen molar-refractivity contribution in [3.8, 4) is 0 Å². The van der Waals surface area contributed by atoms with Gasteiger partial charge in [0.15, 0.2) is 0 Å². The first-order chi connectivity index (χ1) is 2.00. The molecule has 0 aliphatic rings. The second-order valence-corrected chi connectivity index (χ2v) is 2.65. The molecule has 6 heavy (non-hydrogen) atoms. The number of rotatable bonds is 0. The Balaban J connectivity index is 0. The van der Waals surface area contributed by atoms with Gasteiger partial charge >= 0.3 is 76.5 Å². The summed E-state index contributed by atoms with van der Waals surface area (Å²) in [5, 5.41) is 0. The van der Waals surface area contributed by atoms with Gasteiger partial charge in [0, 0.05) is 0 Å². The summed E-state index contributed by atoms with van der Waals surface area (Å²) in [6.45, 7) is 0. The first-order valence-electron chi connectivity index (χ1n) is 0.698. The van der Waals surface area contributed by atoms with Crippen LogP contribution in [0.2, 0.25) is 0 Å². The molecule has 0 aliphatic carbocycles. The van der Waals surface area contributed by atoms with E-state index in [2.05, 4.69) is 0 Å². The van der Waals surface area contributed by atoms with Crippen molar-refractivity contribution in [3.05, 3.63) is 0 Å². The van der Waals surface area contributed by atoms with Gasteiger partial charge in [0.05, 0.1) is 0 Å². The van der Waals surface area contributed by atoms with Gasteiger partial charge in [0.1, 0.15) is 0 Å². The predicted octanol–water partition coefficient (Wildman–Crippen LogP) is -1.73. The van der Waals surface area contributed by atoms with E-state index < -0.39 is 16.7 Å². The Morgan fingerprint density at radius 3 is 1.17 bits per heavy atom. The molecule has 2 N–H and O–H groups in total. The van der Waals surface area contributed by atoms with Crippen LogP contribution in [0, 0.1) is 0 Å². The SMILES string of the molecule is [O]=[Mo](=[O])([OH])[OH].[Sr+2]. The fourth-order valence-corrected chi connectivity index (χ4v) is 0. The second kappa shape index (κ2) is 3.66. The molecule has 0 aromatic carbocycles. The molecule has 0 aromatic rings. The van der Waals surface area contributed by atoms with Crippen molar-refractivity contribution in [1.29, 1.82) is 0 Å². The Labute approximate surface area is 75.2 Å². The molecule has 0 bridgehead atoms. The summed E-state index contributed by atoms with van der Waals surface area (Å²) in [4.78, 5) is 0. The van der Waals surface area contributed by atoms with Gasteiger partial charge in [-0.2, -0.15) is 0 Å². The van der Waals surface area contributed by atoms with Gasteiger partial charge in [-0.05, 0) is 0 Å². The van der Waals surface area contributed by atoms with Crippen LogP contribution < -0.4 is 0 Å². The van der Waals surface area contributed by atoms with E-state index in [1.54, 1.807) is 0 Å². The van der Waals surface area contributed by atoms with Crippen molar-refractivity contribution in [2.45, 2.75) is 0 Å². The minimum absolute atomic E-state index is 0. The Hall–Kier alpha value is 1.69. The zero-order chi connectivity index (χ0) is 4.50. The molecule has 4 nitrogen and oxygen atoms in total. The van der Waals surface area contributed by atoms with Crippen LogP contribution in [0.4, 0.5) is 0 Å². The Kier molecular flexibility index (Phi) is 6.49. The maximum absolute atomic E-state index is 8.85. The van der Waals surface area contributed by atoms with E-state index >= 15 is 0 Å². The Morgan fingerprint density at radius 2 is 1.17 bits per heavy atom. The predicted molar refractivity (Wildman–Crippen MR) is 11.6 cm³/mol. The molecule has 0 amide bonds. The minimum Gasteiger partial charge on any atom is 2.00 e. The molecule has 0 rings (SSSR count). The maximum Gasteiger partial charge on any atom is 2.00 e. The van der Waals surface area contributed by atoms with Crippen molar-refractivity contribution >= 4 is 45.5 Å². The van der Waals surface area contributed by atoms with E-state index in [0.717, 1.165) is 0 Å². The molecule has 0 fully saturated rings. The third-order valence-corrected chi connectivity index (χ3v) is 0. The first kappa shape index (κ1) is 10.6. The fourth-order valence-electron chi connectivity index (χ4n) is 0. The molecule has 0 saturated heterocycles. The van der Waals surface area contributed by atoms with Crippen LogP contribution in [0.5, 0.6) is 0 Å². The summed E-state index contributed by atoms with van der Waals surface area (Å²) < 4.78 is 32.0. The number of hydrogen-bond donors (Lipinski definition) is 2. The van der Waals surface area contributed by atoms with Gasteiger partial charge in [-0.25, -0.2) is 0 Å². The minimum atomic E-state index is -5.52. The van der Waals surface area contributed by atoms with Crippen LogP contribution in [0.3, 0.4) is 0 Å². The quantitative estimate of drug-likeness (QED) is 0.500. The molecule has 0 aromatic heterocycles. The molecule has 0 aliphatic heterocycles. The van der Waals surface area contributed by atoms with Gasteiger partial charge in [0.25, 0.3) is 0 Å². The van der Waals surface area contributed by atoms with Crippen LogP contribution in [-0.2, 0) is 23.5 Å². The third-order valence-electron chi connectivity index (χ3n) is 0. The van der Waals surface area contributed by atoms with Gasteiger partial charge in [-0.1, -0.05) is 0 Å². The van der Waals surface area contributed by atoms with E-state index in [0.29, 0.717) is 0 Å². The third kappa shape index (κ3) is 43.9. The van der Waals surface area contributed by atoms with Crippen LogP contribution in [-0.4, -0.2) is 53.0 Å². The van der Waals surface area contributed by atoms with Crippen molar-refractivity contribution < 1.29 is 31.1 Å². The summed E-state index contributed by atoms with van der Waals surface area (Å²) in [5.74, 6) is 0. The molecule has 0 unspecified atom stereocenters. The van der Waals surface area contributed by atoms with Gasteiger partial charge in [0.2, 0.25) is 0 Å². The van der Waals surface area contributed by atoms with Crippen LogP contribution in [0.25, 0.3) is 0 Å². The van der Waals surface area contributed by atoms with E-state index in [4.69, 9.17) is 14.3 Å². The van der Waals surface area contributed by atoms with Crippen molar-refractivity contribution in [2.24, 2.45) is 0 Å². The zero-order valence-electron chi connectivity index (χ0n) is 2.83. The summed E-state index contributed by atoms with van der Waals surface area (Å²) in [5.41, 5.74) is 0. The summed E-state index contributed by atoms with van der Waals surface area (Å²) in [7, 11) is 0. The van der Waals surface area contributed by atoms with E-state index in [1.807, 2.05) is 0 Å². The van der Waals surface area contributed by atoms with Gasteiger partial charge in [-0.15, -0.1) is 0 Å². The average Bonchev–Trinajstić information content (AvgIpc) is 0.722. The van der Waals surface area contributed by atoms with E-state index in [9.17, 15) is 0 Å². The van der Waals surface area contributed by atoms with Crippen LogP contribution in [0.1, 0.15) is 0 Å².